The summed E-state index contributed by atoms with van der Waals surface area (Å²) in [6, 6.07) is 5.46. The Labute approximate surface area is 182 Å². The molecule has 1 aromatic carbocycles. The molecule has 0 aromatic heterocycles. The van der Waals surface area contributed by atoms with Gasteiger partial charge in [-0.15, -0.1) is 0 Å². The molecule has 2 fully saturated rings. The minimum atomic E-state index is -1.07. The van der Waals surface area contributed by atoms with E-state index >= 15 is 0 Å². The minimum Gasteiger partial charge on any atom is -0.454 e. The van der Waals surface area contributed by atoms with Crippen LogP contribution in [0, 0.1) is 17.8 Å². The van der Waals surface area contributed by atoms with Crippen molar-refractivity contribution in [1.29, 1.82) is 0 Å². The van der Waals surface area contributed by atoms with Gasteiger partial charge in [0.15, 0.2) is 6.61 Å². The summed E-state index contributed by atoms with van der Waals surface area (Å²) in [4.78, 5) is 54.0. The van der Waals surface area contributed by atoms with E-state index in [1.807, 2.05) is 0 Å². The van der Waals surface area contributed by atoms with Gasteiger partial charge in [0.25, 0.3) is 17.7 Å². The average molecular weight is 427 g/mol. The molecule has 0 radical (unpaired) electrons. The first kappa shape index (κ1) is 21.5. The summed E-state index contributed by atoms with van der Waals surface area (Å²) in [5.74, 6) is -1.01. The van der Waals surface area contributed by atoms with Crippen LogP contribution in [0.4, 0.5) is 0 Å². The molecule has 1 saturated carbocycles. The fourth-order valence-corrected chi connectivity index (χ4v) is 5.27. The zero-order chi connectivity index (χ0) is 22.1. The van der Waals surface area contributed by atoms with Gasteiger partial charge in [-0.3, -0.25) is 19.3 Å². The van der Waals surface area contributed by atoms with Crippen molar-refractivity contribution in [2.45, 2.75) is 52.0 Å². The van der Waals surface area contributed by atoms with Crippen molar-refractivity contribution >= 4 is 23.7 Å². The Morgan fingerprint density at radius 1 is 1.00 bits per heavy atom. The van der Waals surface area contributed by atoms with E-state index in [-0.39, 0.29) is 29.6 Å². The van der Waals surface area contributed by atoms with Gasteiger partial charge in [-0.05, 0) is 42.7 Å². The van der Waals surface area contributed by atoms with Crippen LogP contribution in [0.5, 0.6) is 0 Å². The van der Waals surface area contributed by atoms with Gasteiger partial charge in [0.1, 0.15) is 6.04 Å². The van der Waals surface area contributed by atoms with Gasteiger partial charge < -0.3 is 9.64 Å². The quantitative estimate of drug-likeness (QED) is 0.534. The van der Waals surface area contributed by atoms with Gasteiger partial charge >= 0.3 is 5.97 Å². The molecule has 1 aliphatic carbocycles. The fourth-order valence-electron chi connectivity index (χ4n) is 5.27. The van der Waals surface area contributed by atoms with E-state index in [0.29, 0.717) is 18.4 Å². The van der Waals surface area contributed by atoms with Crippen molar-refractivity contribution in [3.8, 4) is 0 Å². The molecule has 0 unspecified atom stereocenters. The number of hydrogen-bond donors (Lipinski definition) is 0. The molecule has 1 saturated heterocycles. The second-order valence-corrected chi connectivity index (χ2v) is 9.26. The second kappa shape index (κ2) is 8.81. The molecule has 166 valence electrons. The van der Waals surface area contributed by atoms with Crippen LogP contribution in [0.25, 0.3) is 0 Å². The molecular weight excluding hydrogens is 396 g/mol. The highest BCUT2D eigenvalue weighted by Crippen LogP contribution is 2.36. The summed E-state index contributed by atoms with van der Waals surface area (Å²) in [6.07, 6.45) is 5.91. The highest BCUT2D eigenvalue weighted by molar-refractivity contribution is 6.22. The molecule has 7 heteroatoms. The Kier molecular flexibility index (Phi) is 6.12. The first-order chi connectivity index (χ1) is 14.9. The van der Waals surface area contributed by atoms with Crippen molar-refractivity contribution < 1.29 is 23.9 Å². The summed E-state index contributed by atoms with van der Waals surface area (Å²) in [5.41, 5.74) is 0.578. The zero-order valence-electron chi connectivity index (χ0n) is 18.2. The number of esters is 1. The monoisotopic (exact) mass is 426 g/mol. The molecular formula is C24H30N2O5. The highest BCUT2D eigenvalue weighted by atomic mass is 16.5. The molecule has 1 aromatic rings. The highest BCUT2D eigenvalue weighted by Gasteiger charge is 2.45. The Hall–Kier alpha value is -2.70. The van der Waals surface area contributed by atoms with Crippen LogP contribution in [0.15, 0.2) is 24.3 Å². The van der Waals surface area contributed by atoms with Crippen LogP contribution in [-0.2, 0) is 14.3 Å². The summed E-state index contributed by atoms with van der Waals surface area (Å²) in [6.45, 7) is 4.58. The van der Waals surface area contributed by atoms with Crippen LogP contribution in [0.3, 0.4) is 0 Å². The number of carbonyl (C=O) groups is 4. The number of ether oxygens (including phenoxy) is 1. The number of imide groups is 1. The maximum absolute atomic E-state index is 12.9. The predicted octanol–water partition coefficient (Wildman–Crippen LogP) is 2.89. The van der Waals surface area contributed by atoms with E-state index in [4.69, 9.17) is 4.74 Å². The molecule has 3 aliphatic rings. The average Bonchev–Trinajstić information content (AvgIpc) is 3.02. The van der Waals surface area contributed by atoms with Gasteiger partial charge in [-0.1, -0.05) is 45.2 Å². The topological polar surface area (TPSA) is 84.0 Å². The maximum atomic E-state index is 12.9. The Morgan fingerprint density at radius 2 is 1.61 bits per heavy atom. The van der Waals surface area contributed by atoms with E-state index < -0.39 is 23.8 Å². The largest absolute Gasteiger partial charge is 0.454 e. The van der Waals surface area contributed by atoms with Gasteiger partial charge in [-0.25, -0.2) is 4.79 Å². The number of amides is 3. The van der Waals surface area contributed by atoms with E-state index in [1.54, 1.807) is 43.0 Å². The Morgan fingerprint density at radius 3 is 2.23 bits per heavy atom. The van der Waals surface area contributed by atoms with Crippen LogP contribution in [0.2, 0.25) is 0 Å². The number of nitrogens with zero attached hydrogens (tertiary/aromatic N) is 2. The minimum absolute atomic E-state index is 0.206. The first-order valence-corrected chi connectivity index (χ1v) is 11.3. The zero-order valence-corrected chi connectivity index (χ0v) is 18.2. The van der Waals surface area contributed by atoms with Crippen molar-refractivity contribution in [2.75, 3.05) is 19.7 Å². The summed E-state index contributed by atoms with van der Waals surface area (Å²) >= 11 is 0. The third kappa shape index (κ3) is 4.10. The molecule has 0 bridgehead atoms. The predicted molar refractivity (Wildman–Crippen MR) is 113 cm³/mol. The molecule has 4 rings (SSSR count). The van der Waals surface area contributed by atoms with Crippen molar-refractivity contribution in [3.63, 3.8) is 0 Å². The Balaban J connectivity index is 1.39. The third-order valence-electron chi connectivity index (χ3n) is 6.96. The maximum Gasteiger partial charge on any atom is 0.330 e. The van der Waals surface area contributed by atoms with E-state index in [9.17, 15) is 19.2 Å². The standard InChI is InChI=1S/C24H30N2O5/c1-15(2)21(26-22(28)18-9-5-6-10-19(18)23(26)29)24(30)31-14-20(27)25-12-11-16-7-3-4-8-17(16)13-25/h5-6,9-10,15-17,21H,3-4,7-8,11-14H2,1-2H3/t16-,17+,21-/m0/s1. The van der Waals surface area contributed by atoms with Crippen molar-refractivity contribution in [1.82, 2.24) is 9.80 Å². The molecule has 31 heavy (non-hydrogen) atoms. The Bertz CT molecular complexity index is 861. The molecule has 7 nitrogen and oxygen atoms in total. The SMILES string of the molecule is CC(C)[C@@H](C(=O)OCC(=O)N1CC[C@@H]2CCCC[C@@H]2C1)N1C(=O)c2ccccc2C1=O. The molecule has 3 amide bonds. The van der Waals surface area contributed by atoms with Crippen molar-refractivity contribution in [2.24, 2.45) is 17.8 Å². The lowest BCUT2D eigenvalue weighted by atomic mass is 9.75. The lowest BCUT2D eigenvalue weighted by Crippen LogP contribution is -2.50. The number of piperidine rings is 1. The number of rotatable bonds is 5. The van der Waals surface area contributed by atoms with Crippen LogP contribution >= 0.6 is 0 Å². The lowest BCUT2D eigenvalue weighted by Gasteiger charge is -2.41. The summed E-state index contributed by atoms with van der Waals surface area (Å²) in [7, 11) is 0. The molecule has 2 aliphatic heterocycles. The van der Waals surface area contributed by atoms with E-state index in [0.717, 1.165) is 24.3 Å². The number of carbonyl (C=O) groups excluding carboxylic acids is 4. The van der Waals surface area contributed by atoms with Gasteiger partial charge in [-0.2, -0.15) is 0 Å². The molecule has 2 heterocycles. The van der Waals surface area contributed by atoms with Crippen LogP contribution < -0.4 is 0 Å². The lowest BCUT2D eigenvalue weighted by molar-refractivity contribution is -0.157. The van der Waals surface area contributed by atoms with Gasteiger partial charge in [0, 0.05) is 13.1 Å². The number of fused-ring (bicyclic) bond motifs is 2. The summed E-state index contributed by atoms with van der Waals surface area (Å²) in [5, 5.41) is 0. The number of likely N-dealkylation sites (tertiary alicyclic amines) is 1. The first-order valence-electron chi connectivity index (χ1n) is 11.3. The normalized spacial score (nSPS) is 24.1. The third-order valence-corrected chi connectivity index (χ3v) is 6.96. The molecule has 3 atom stereocenters. The summed E-state index contributed by atoms with van der Waals surface area (Å²) < 4.78 is 5.35. The van der Waals surface area contributed by atoms with Crippen LogP contribution in [-0.4, -0.2) is 59.2 Å². The van der Waals surface area contributed by atoms with Gasteiger partial charge in [0.05, 0.1) is 11.1 Å². The molecule has 0 spiro atoms. The van der Waals surface area contributed by atoms with Crippen LogP contribution in [0.1, 0.15) is 66.7 Å². The smallest absolute Gasteiger partial charge is 0.330 e. The van der Waals surface area contributed by atoms with Crippen molar-refractivity contribution in [3.05, 3.63) is 35.4 Å². The second-order valence-electron chi connectivity index (χ2n) is 9.26. The molecule has 0 N–H and O–H groups in total. The van der Waals surface area contributed by atoms with E-state index in [1.165, 1.54) is 19.3 Å². The number of benzene rings is 1. The fraction of sp³-hybridized carbons (Fsp3) is 0.583. The number of hydrogen-bond acceptors (Lipinski definition) is 5. The van der Waals surface area contributed by atoms with Gasteiger partial charge in [0.2, 0.25) is 0 Å². The van der Waals surface area contributed by atoms with E-state index in [2.05, 4.69) is 0 Å².